The van der Waals surface area contributed by atoms with E-state index in [-0.39, 0.29) is 6.03 Å². The highest BCUT2D eigenvalue weighted by Gasteiger charge is 2.15. The van der Waals surface area contributed by atoms with Crippen LogP contribution in [0.25, 0.3) is 5.57 Å². The number of nitrogens with one attached hydrogen (secondary N) is 1. The number of allylic oxidation sites excluding steroid dienone is 4. The van der Waals surface area contributed by atoms with Gasteiger partial charge in [-0.1, -0.05) is 30.9 Å². The lowest BCUT2D eigenvalue weighted by Crippen LogP contribution is -2.46. The minimum absolute atomic E-state index is 0.0591. The normalized spacial score (nSPS) is 18.9. The molecule has 2 amide bonds. The van der Waals surface area contributed by atoms with E-state index in [1.165, 1.54) is 12.0 Å². The molecule has 2 aliphatic heterocycles. The number of likely N-dealkylation sites (N-methyl/N-ethyl adjacent to an activating group) is 1. The molecule has 7 nitrogen and oxygen atoms in total. The van der Waals surface area contributed by atoms with Crippen molar-refractivity contribution < 1.29 is 14.3 Å². The van der Waals surface area contributed by atoms with E-state index in [4.69, 9.17) is 9.47 Å². The van der Waals surface area contributed by atoms with E-state index in [0.29, 0.717) is 39.5 Å². The van der Waals surface area contributed by atoms with E-state index in [9.17, 15) is 4.79 Å². The summed E-state index contributed by atoms with van der Waals surface area (Å²) in [4.78, 5) is 20.9. The highest BCUT2D eigenvalue weighted by Crippen LogP contribution is 2.25. The first-order chi connectivity index (χ1) is 15.2. The topological polar surface area (TPSA) is 66.9 Å². The zero-order valence-corrected chi connectivity index (χ0v) is 18.5. The van der Waals surface area contributed by atoms with Gasteiger partial charge in [0.1, 0.15) is 12.4 Å². The first-order valence-electron chi connectivity index (χ1n) is 11.1. The van der Waals surface area contributed by atoms with E-state index < -0.39 is 0 Å². The Morgan fingerprint density at radius 1 is 1.23 bits per heavy atom. The van der Waals surface area contributed by atoms with Crippen LogP contribution >= 0.6 is 0 Å². The van der Waals surface area contributed by atoms with Crippen LogP contribution in [-0.4, -0.2) is 80.4 Å². The molecule has 0 unspecified atom stereocenters. The summed E-state index contributed by atoms with van der Waals surface area (Å²) < 4.78 is 11.3. The highest BCUT2D eigenvalue weighted by atomic mass is 16.5. The Balaban J connectivity index is 1.63. The van der Waals surface area contributed by atoms with Crippen LogP contribution in [0.4, 0.5) is 4.79 Å². The number of urea groups is 1. The van der Waals surface area contributed by atoms with Crippen LogP contribution in [0.15, 0.2) is 43.1 Å². The molecule has 1 N–H and O–H groups in total. The second kappa shape index (κ2) is 12.3. The number of carbonyl (C=O) groups is 1. The molecule has 3 rings (SSSR count). The summed E-state index contributed by atoms with van der Waals surface area (Å²) in [6, 6.07) is 2.06. The van der Waals surface area contributed by atoms with Crippen molar-refractivity contribution in [1.82, 2.24) is 20.1 Å². The summed E-state index contributed by atoms with van der Waals surface area (Å²) in [7, 11) is 2.13. The first kappa shape index (κ1) is 23.0. The van der Waals surface area contributed by atoms with Crippen LogP contribution in [0.5, 0.6) is 5.75 Å². The Kier molecular flexibility index (Phi) is 9.12. The zero-order chi connectivity index (χ0) is 21.9. The average Bonchev–Trinajstić information content (AvgIpc) is 2.80. The van der Waals surface area contributed by atoms with Gasteiger partial charge >= 0.3 is 6.03 Å². The summed E-state index contributed by atoms with van der Waals surface area (Å²) in [5.74, 6) is 0.874. The number of carbonyl (C=O) groups excluding carboxylic acids is 1. The lowest BCUT2D eigenvalue weighted by atomic mass is 10.0. The van der Waals surface area contributed by atoms with E-state index in [0.717, 1.165) is 42.9 Å². The number of aromatic nitrogens is 1. The van der Waals surface area contributed by atoms with Crippen LogP contribution in [0.2, 0.25) is 0 Å². The molecule has 0 bridgehead atoms. The van der Waals surface area contributed by atoms with Gasteiger partial charge in [-0.3, -0.25) is 4.98 Å². The van der Waals surface area contributed by atoms with Crippen molar-refractivity contribution in [2.24, 2.45) is 0 Å². The summed E-state index contributed by atoms with van der Waals surface area (Å²) >= 11 is 0. The van der Waals surface area contributed by atoms with Gasteiger partial charge in [0.15, 0.2) is 0 Å². The zero-order valence-electron chi connectivity index (χ0n) is 18.5. The number of nitrogens with zero attached hydrogens (tertiary/aromatic N) is 3. The van der Waals surface area contributed by atoms with Crippen molar-refractivity contribution in [3.8, 4) is 5.75 Å². The molecule has 0 spiro atoms. The molecule has 7 heteroatoms. The van der Waals surface area contributed by atoms with Gasteiger partial charge in [-0.15, -0.1) is 0 Å². The van der Waals surface area contributed by atoms with Gasteiger partial charge in [0.2, 0.25) is 0 Å². The molecular weight excluding hydrogens is 392 g/mol. The number of morpholine rings is 1. The maximum Gasteiger partial charge on any atom is 0.317 e. The predicted molar refractivity (Wildman–Crippen MR) is 123 cm³/mol. The SMILES string of the molecule is C=C/C=C(\C=C/CNC(=O)N1CCOCC1)c1cc2c(cn1)OCCN(C)CCCC2. The number of rotatable bonds is 5. The number of aryl methyl sites for hydroxylation is 1. The van der Waals surface area contributed by atoms with Crippen LogP contribution in [-0.2, 0) is 11.2 Å². The monoisotopic (exact) mass is 426 g/mol. The third-order valence-corrected chi connectivity index (χ3v) is 5.47. The van der Waals surface area contributed by atoms with Gasteiger partial charge < -0.3 is 24.6 Å². The van der Waals surface area contributed by atoms with Crippen molar-refractivity contribution in [3.63, 3.8) is 0 Å². The molecule has 1 aromatic rings. The van der Waals surface area contributed by atoms with Gasteiger partial charge in [-0.2, -0.15) is 0 Å². The largest absolute Gasteiger partial charge is 0.490 e. The Bertz CT molecular complexity index is 800. The van der Waals surface area contributed by atoms with Crippen LogP contribution in [0.1, 0.15) is 24.1 Å². The molecule has 0 aliphatic carbocycles. The van der Waals surface area contributed by atoms with Gasteiger partial charge in [-0.05, 0) is 50.1 Å². The smallest absolute Gasteiger partial charge is 0.317 e. The van der Waals surface area contributed by atoms with Gasteiger partial charge in [0.25, 0.3) is 0 Å². The number of amides is 2. The maximum atomic E-state index is 12.2. The predicted octanol–water partition coefficient (Wildman–Crippen LogP) is 2.90. The molecule has 0 aromatic carbocycles. The Morgan fingerprint density at radius 2 is 2.06 bits per heavy atom. The van der Waals surface area contributed by atoms with Crippen molar-refractivity contribution in [1.29, 1.82) is 0 Å². The van der Waals surface area contributed by atoms with Gasteiger partial charge in [0, 0.05) is 26.2 Å². The van der Waals surface area contributed by atoms with E-state index >= 15 is 0 Å². The first-order valence-corrected chi connectivity index (χ1v) is 11.1. The standard InChI is InChI=1S/C24H34N4O3/c1-3-7-20(9-6-10-25-24(29)28-13-15-30-16-14-28)22-18-21-8-4-5-11-27(2)12-17-31-23(21)19-26-22/h3,6-7,9,18-19H,1,4-5,8,10-17H2,2H3,(H,25,29)/b9-6-,20-7+. The molecule has 1 saturated heterocycles. The average molecular weight is 427 g/mol. The molecule has 0 radical (unpaired) electrons. The molecule has 1 aromatic heterocycles. The van der Waals surface area contributed by atoms with Crippen LogP contribution < -0.4 is 10.1 Å². The molecule has 2 aliphatic rings. The number of hydrogen-bond donors (Lipinski definition) is 1. The fourth-order valence-electron chi connectivity index (χ4n) is 3.65. The molecule has 3 heterocycles. The Labute approximate surface area is 185 Å². The molecule has 31 heavy (non-hydrogen) atoms. The lowest BCUT2D eigenvalue weighted by Gasteiger charge is -2.26. The number of hydrogen-bond acceptors (Lipinski definition) is 5. The third kappa shape index (κ3) is 7.22. The number of fused-ring (bicyclic) bond motifs is 1. The van der Waals surface area contributed by atoms with Crippen molar-refractivity contribution >= 4 is 11.6 Å². The number of pyridine rings is 1. The second-order valence-electron chi connectivity index (χ2n) is 7.83. The van der Waals surface area contributed by atoms with Crippen molar-refractivity contribution in [3.05, 3.63) is 54.4 Å². The molecule has 0 saturated carbocycles. The molecule has 168 valence electrons. The fourth-order valence-corrected chi connectivity index (χ4v) is 3.65. The third-order valence-electron chi connectivity index (χ3n) is 5.47. The molecule has 0 atom stereocenters. The summed E-state index contributed by atoms with van der Waals surface area (Å²) in [6.07, 6.45) is 12.7. The highest BCUT2D eigenvalue weighted by molar-refractivity contribution is 5.75. The fraction of sp³-hybridized carbons (Fsp3) is 0.500. The van der Waals surface area contributed by atoms with Crippen LogP contribution in [0, 0.1) is 0 Å². The second-order valence-corrected chi connectivity index (χ2v) is 7.83. The van der Waals surface area contributed by atoms with Gasteiger partial charge in [0.05, 0.1) is 25.1 Å². The lowest BCUT2D eigenvalue weighted by molar-refractivity contribution is 0.0534. The minimum atomic E-state index is -0.0591. The summed E-state index contributed by atoms with van der Waals surface area (Å²) in [5.41, 5.74) is 3.03. The summed E-state index contributed by atoms with van der Waals surface area (Å²) in [6.45, 7) is 9.43. The van der Waals surface area contributed by atoms with E-state index in [1.807, 2.05) is 24.4 Å². The molecular formula is C24H34N4O3. The Hall–Kier alpha value is -2.64. The van der Waals surface area contributed by atoms with Gasteiger partial charge in [-0.25, -0.2) is 4.79 Å². The Morgan fingerprint density at radius 3 is 2.87 bits per heavy atom. The molecule has 1 fully saturated rings. The van der Waals surface area contributed by atoms with Crippen LogP contribution in [0.3, 0.4) is 0 Å². The quantitative estimate of drug-likeness (QED) is 0.734. The van der Waals surface area contributed by atoms with E-state index in [2.05, 4.69) is 34.9 Å². The maximum absolute atomic E-state index is 12.2. The van der Waals surface area contributed by atoms with Crippen molar-refractivity contribution in [2.75, 3.05) is 59.6 Å². The summed E-state index contributed by atoms with van der Waals surface area (Å²) in [5, 5.41) is 2.93. The van der Waals surface area contributed by atoms with Crippen molar-refractivity contribution in [2.45, 2.75) is 19.3 Å². The van der Waals surface area contributed by atoms with E-state index in [1.54, 1.807) is 11.0 Å². The number of ether oxygens (including phenoxy) is 2. The minimum Gasteiger partial charge on any atom is -0.490 e.